The molecule has 1 aromatic heterocycles. The second kappa shape index (κ2) is 5.28. The molecule has 0 radical (unpaired) electrons. The maximum atomic E-state index is 12.5. The molecule has 3 aliphatic heterocycles. The van der Waals surface area contributed by atoms with E-state index < -0.39 is 0 Å². The molecule has 3 saturated heterocycles. The van der Waals surface area contributed by atoms with Gasteiger partial charge in [-0.05, 0) is 37.9 Å². The minimum atomic E-state index is -0.325. The number of fused-ring (bicyclic) bond motifs is 4. The largest absolute Gasteiger partial charge is 0.494 e. The molecule has 4 heterocycles. The zero-order chi connectivity index (χ0) is 15.1. The fraction of sp³-hybridized carbons (Fsp3) is 0.500. The second-order valence-electron chi connectivity index (χ2n) is 6.04. The summed E-state index contributed by atoms with van der Waals surface area (Å²) in [6, 6.07) is 5.53. The van der Waals surface area contributed by atoms with E-state index in [2.05, 4.69) is 15.1 Å². The van der Waals surface area contributed by atoms with E-state index in [1.807, 2.05) is 18.2 Å². The van der Waals surface area contributed by atoms with Gasteiger partial charge in [0.25, 0.3) is 0 Å². The number of esters is 1. The Hall–Kier alpha value is -2.08. The lowest BCUT2D eigenvalue weighted by Crippen LogP contribution is -2.51. The van der Waals surface area contributed by atoms with Crippen LogP contribution in [0.2, 0.25) is 0 Å². The molecular formula is C16H19N3O3. The minimum absolute atomic E-state index is 0.000965. The fourth-order valence-corrected chi connectivity index (χ4v) is 3.57. The van der Waals surface area contributed by atoms with Crippen LogP contribution in [0.5, 0.6) is 5.75 Å². The Bertz CT molecular complexity index is 704. The van der Waals surface area contributed by atoms with Crippen LogP contribution in [0.4, 0.5) is 0 Å². The lowest BCUT2D eigenvalue weighted by atomic mass is 9.86. The number of nitrogens with zero attached hydrogens (tertiary/aromatic N) is 2. The number of hydrogen-bond donors (Lipinski definition) is 1. The van der Waals surface area contributed by atoms with E-state index in [-0.39, 0.29) is 12.1 Å². The third-order valence-corrected chi connectivity index (χ3v) is 4.83. The highest BCUT2D eigenvalue weighted by Crippen LogP contribution is 2.31. The van der Waals surface area contributed by atoms with E-state index >= 15 is 0 Å². The van der Waals surface area contributed by atoms with E-state index in [9.17, 15) is 4.79 Å². The summed E-state index contributed by atoms with van der Waals surface area (Å²) in [6.07, 6.45) is 2.24. The van der Waals surface area contributed by atoms with Crippen LogP contribution in [-0.2, 0) is 4.74 Å². The third kappa shape index (κ3) is 2.14. The molecule has 2 aromatic rings. The van der Waals surface area contributed by atoms with Gasteiger partial charge in [-0.2, -0.15) is 5.10 Å². The Morgan fingerprint density at radius 3 is 2.86 bits per heavy atom. The predicted octanol–water partition coefficient (Wildman–Crippen LogP) is 1.82. The lowest BCUT2D eigenvalue weighted by Gasteiger charge is -2.43. The molecular weight excluding hydrogens is 282 g/mol. The Kier molecular flexibility index (Phi) is 3.26. The van der Waals surface area contributed by atoms with Gasteiger partial charge in [-0.15, -0.1) is 0 Å². The highest BCUT2D eigenvalue weighted by Gasteiger charge is 2.37. The number of hydrogen-bond acceptors (Lipinski definition) is 5. The first-order valence-corrected chi connectivity index (χ1v) is 7.70. The van der Waals surface area contributed by atoms with Gasteiger partial charge in [-0.1, -0.05) is 12.1 Å². The number of piperidine rings is 3. The molecule has 1 aromatic carbocycles. The second-order valence-corrected chi connectivity index (χ2v) is 6.04. The van der Waals surface area contributed by atoms with Crippen molar-refractivity contribution in [2.75, 3.05) is 26.7 Å². The number of carbonyl (C=O) groups is 1. The average Bonchev–Trinajstić information content (AvgIpc) is 3.00. The van der Waals surface area contributed by atoms with E-state index in [1.165, 1.54) is 0 Å². The van der Waals surface area contributed by atoms with E-state index in [0.717, 1.165) is 37.9 Å². The SMILES string of the molecule is COc1cccc2c(C(=O)O[C@H]3CN4CCC3CC4)[nH]nc12. The number of aromatic amines is 1. The molecule has 3 fully saturated rings. The van der Waals surface area contributed by atoms with Crippen molar-refractivity contribution >= 4 is 16.9 Å². The molecule has 2 bridgehead atoms. The summed E-state index contributed by atoms with van der Waals surface area (Å²) < 4.78 is 11.0. The van der Waals surface area contributed by atoms with Crippen LogP contribution in [0.15, 0.2) is 18.2 Å². The monoisotopic (exact) mass is 301 g/mol. The minimum Gasteiger partial charge on any atom is -0.494 e. The van der Waals surface area contributed by atoms with Crippen LogP contribution < -0.4 is 4.74 Å². The van der Waals surface area contributed by atoms with Gasteiger partial charge >= 0.3 is 5.97 Å². The first-order chi connectivity index (χ1) is 10.8. The summed E-state index contributed by atoms with van der Waals surface area (Å²) in [4.78, 5) is 14.9. The van der Waals surface area contributed by atoms with Crippen LogP contribution in [0.3, 0.4) is 0 Å². The number of aromatic nitrogens is 2. The Balaban J connectivity index is 1.58. The highest BCUT2D eigenvalue weighted by molar-refractivity contribution is 6.03. The van der Waals surface area contributed by atoms with E-state index in [4.69, 9.17) is 9.47 Å². The summed E-state index contributed by atoms with van der Waals surface area (Å²) in [5.74, 6) is 0.822. The van der Waals surface area contributed by atoms with E-state index in [0.29, 0.717) is 22.9 Å². The molecule has 0 spiro atoms. The van der Waals surface area contributed by atoms with Crippen molar-refractivity contribution in [3.8, 4) is 5.75 Å². The molecule has 5 rings (SSSR count). The number of H-pyrrole nitrogens is 1. The van der Waals surface area contributed by atoms with Crippen LogP contribution in [0.1, 0.15) is 23.3 Å². The summed E-state index contributed by atoms with van der Waals surface area (Å²) in [5, 5.41) is 7.74. The topological polar surface area (TPSA) is 67.5 Å². The fourth-order valence-electron chi connectivity index (χ4n) is 3.57. The van der Waals surface area contributed by atoms with Gasteiger partial charge in [0.05, 0.1) is 7.11 Å². The molecule has 0 saturated carbocycles. The number of benzene rings is 1. The van der Waals surface area contributed by atoms with Gasteiger partial charge in [0, 0.05) is 11.9 Å². The first kappa shape index (κ1) is 13.6. The Morgan fingerprint density at radius 1 is 1.36 bits per heavy atom. The van der Waals surface area contributed by atoms with Crippen LogP contribution in [0.25, 0.3) is 10.9 Å². The van der Waals surface area contributed by atoms with Crippen molar-refractivity contribution in [3.05, 3.63) is 23.9 Å². The highest BCUT2D eigenvalue weighted by atomic mass is 16.5. The first-order valence-electron chi connectivity index (χ1n) is 7.70. The molecule has 6 nitrogen and oxygen atoms in total. The summed E-state index contributed by atoms with van der Waals surface area (Å²) >= 11 is 0. The number of ether oxygens (including phenoxy) is 2. The number of para-hydroxylation sites is 1. The zero-order valence-corrected chi connectivity index (χ0v) is 12.5. The number of methoxy groups -OCH3 is 1. The van der Waals surface area contributed by atoms with Gasteiger partial charge in [0.15, 0.2) is 5.69 Å². The quantitative estimate of drug-likeness (QED) is 0.876. The van der Waals surface area contributed by atoms with Gasteiger partial charge in [0.2, 0.25) is 0 Å². The summed E-state index contributed by atoms with van der Waals surface area (Å²) in [7, 11) is 1.59. The molecule has 116 valence electrons. The molecule has 1 atom stereocenters. The third-order valence-electron chi connectivity index (χ3n) is 4.83. The predicted molar refractivity (Wildman–Crippen MR) is 81.0 cm³/mol. The van der Waals surface area contributed by atoms with E-state index in [1.54, 1.807) is 7.11 Å². The van der Waals surface area contributed by atoms with Crippen molar-refractivity contribution in [1.29, 1.82) is 0 Å². The number of carbonyl (C=O) groups excluding carboxylic acids is 1. The van der Waals surface area contributed by atoms with Gasteiger partial charge in [-0.3, -0.25) is 10.00 Å². The van der Waals surface area contributed by atoms with Gasteiger partial charge in [-0.25, -0.2) is 4.79 Å². The number of rotatable bonds is 3. The molecule has 0 amide bonds. The molecule has 6 heteroatoms. The smallest absolute Gasteiger partial charge is 0.357 e. The van der Waals surface area contributed by atoms with Crippen molar-refractivity contribution < 1.29 is 14.3 Å². The maximum absolute atomic E-state index is 12.5. The summed E-state index contributed by atoms with van der Waals surface area (Å²) in [5.41, 5.74) is 1.07. The van der Waals surface area contributed by atoms with Crippen LogP contribution in [0, 0.1) is 5.92 Å². The van der Waals surface area contributed by atoms with Crippen molar-refractivity contribution in [3.63, 3.8) is 0 Å². The molecule has 0 aliphatic carbocycles. The Labute approximate surface area is 128 Å². The molecule has 22 heavy (non-hydrogen) atoms. The van der Waals surface area contributed by atoms with Crippen molar-refractivity contribution in [2.24, 2.45) is 5.92 Å². The molecule has 3 aliphatic rings. The van der Waals surface area contributed by atoms with Crippen LogP contribution >= 0.6 is 0 Å². The van der Waals surface area contributed by atoms with Gasteiger partial charge in [0.1, 0.15) is 17.4 Å². The average molecular weight is 301 g/mol. The molecule has 0 unspecified atom stereocenters. The molecule has 1 N–H and O–H groups in total. The van der Waals surface area contributed by atoms with Crippen molar-refractivity contribution in [2.45, 2.75) is 18.9 Å². The maximum Gasteiger partial charge on any atom is 0.357 e. The standard InChI is InChI=1S/C16H19N3O3/c1-21-12-4-2-3-11-14(12)17-18-15(11)16(20)22-13-9-19-7-5-10(13)6-8-19/h2-4,10,13H,5-9H2,1H3,(H,17,18)/t13-/m0/s1. The van der Waals surface area contributed by atoms with Gasteiger partial charge < -0.3 is 9.47 Å². The Morgan fingerprint density at radius 2 is 2.18 bits per heavy atom. The van der Waals surface area contributed by atoms with Crippen molar-refractivity contribution in [1.82, 2.24) is 15.1 Å². The summed E-state index contributed by atoms with van der Waals surface area (Å²) in [6.45, 7) is 3.11. The normalized spacial score (nSPS) is 27.0. The van der Waals surface area contributed by atoms with Crippen LogP contribution in [-0.4, -0.2) is 53.9 Å². The zero-order valence-electron chi connectivity index (χ0n) is 12.5. The lowest BCUT2D eigenvalue weighted by molar-refractivity contribution is -0.0458. The number of nitrogens with one attached hydrogen (secondary N) is 1.